The predicted molar refractivity (Wildman–Crippen MR) is 119 cm³/mol. The minimum absolute atomic E-state index is 0. The van der Waals surface area contributed by atoms with Crippen molar-refractivity contribution in [1.82, 2.24) is 0 Å². The van der Waals surface area contributed by atoms with Crippen molar-refractivity contribution in [3.05, 3.63) is 11.1 Å². The van der Waals surface area contributed by atoms with E-state index in [4.69, 9.17) is 14.2 Å². The number of aliphatic hydroxyl groups excluding tert-OH is 2. The summed E-state index contributed by atoms with van der Waals surface area (Å²) in [5, 5.41) is 46.4. The Hall–Kier alpha value is 2.01. The molecule has 1 heterocycles. The maximum atomic E-state index is 14.2. The molecule has 0 aromatic heterocycles. The fourth-order valence-corrected chi connectivity index (χ4v) is 7.54. The second-order valence-corrected chi connectivity index (χ2v) is 11.9. The number of rotatable bonds is 3. The van der Waals surface area contributed by atoms with Crippen molar-refractivity contribution in [2.24, 2.45) is 22.7 Å². The molecule has 4 N–H and O–H groups in total. The summed E-state index contributed by atoms with van der Waals surface area (Å²) in [7, 11) is 1.52. The molecular weight excluding hydrogens is 882 g/mol. The van der Waals surface area contributed by atoms with Gasteiger partial charge >= 0.3 is 0 Å². The third-order valence-electron chi connectivity index (χ3n) is 9.76. The Morgan fingerprint density at radius 2 is 1.69 bits per heavy atom. The normalized spacial score (nSPS) is 46.7. The third kappa shape index (κ3) is 4.52. The second kappa shape index (κ2) is 10.4. The number of hydrogen-bond donors (Lipinski definition) is 4. The van der Waals surface area contributed by atoms with E-state index in [1.165, 1.54) is 7.11 Å². The molecule has 35 heavy (non-hydrogen) atoms. The average molecular weight is 923 g/mol. The molecule has 1 saturated heterocycles. The Morgan fingerprint density at radius 1 is 1.11 bits per heavy atom. The van der Waals surface area contributed by atoms with Gasteiger partial charge in [-0.2, -0.15) is 0 Å². The number of carbonyl (C=O) groups excluding carboxylic acids is 1. The summed E-state index contributed by atoms with van der Waals surface area (Å²) in [5.41, 5.74) is -4.36. The van der Waals surface area contributed by atoms with Crippen molar-refractivity contribution >= 4 is 5.78 Å². The number of ketones is 1. The Labute approximate surface area is 280 Å². The van der Waals surface area contributed by atoms with E-state index < -0.39 is 69.9 Å². The van der Waals surface area contributed by atoms with Crippen molar-refractivity contribution in [3.63, 3.8) is 0 Å². The summed E-state index contributed by atoms with van der Waals surface area (Å²) in [6.45, 7) is 12.4. The first kappa shape index (κ1) is 33.2. The summed E-state index contributed by atoms with van der Waals surface area (Å²) >= 11 is 0. The quantitative estimate of drug-likeness (QED) is 0.247. The molecule has 4 aliphatic rings. The van der Waals surface area contributed by atoms with Gasteiger partial charge in [0.2, 0.25) is 0 Å². The Bertz CT molecular complexity index is 891. The van der Waals surface area contributed by atoms with Crippen LogP contribution in [-0.4, -0.2) is 81.3 Å². The Morgan fingerprint density at radius 3 is 2.17 bits per heavy atom. The molecule has 2 bridgehead atoms. The molecule has 10 heteroatoms. The van der Waals surface area contributed by atoms with Crippen LogP contribution in [0.25, 0.3) is 0 Å². The van der Waals surface area contributed by atoms with Crippen molar-refractivity contribution in [1.29, 1.82) is 0 Å². The molecule has 0 spiro atoms. The molecule has 3 aliphatic carbocycles. The van der Waals surface area contributed by atoms with Gasteiger partial charge in [-0.25, -0.2) is 0 Å². The van der Waals surface area contributed by atoms with E-state index >= 15 is 0 Å². The number of fused-ring (bicyclic) bond motifs is 5. The monoisotopic (exact) mass is 922 g/mol. The number of aliphatic hydroxyl groups is 4. The Balaban J connectivity index is 0.00000216. The fraction of sp³-hybridized carbons (Fsp3) is 0.880. The molecule has 9 atom stereocenters. The smallest absolute Gasteiger partial charge is 0.174 e. The molecule has 1 aliphatic heterocycles. The van der Waals surface area contributed by atoms with Gasteiger partial charge in [-0.15, -0.1) is 0 Å². The van der Waals surface area contributed by atoms with Crippen LogP contribution in [0.4, 0.5) is 0 Å². The molecule has 8 nitrogen and oxygen atoms in total. The zero-order chi connectivity index (χ0) is 24.9. The zero-order valence-electron chi connectivity index (χ0n) is 22.2. The van der Waals surface area contributed by atoms with Gasteiger partial charge in [0, 0.05) is 119 Å². The molecule has 2 radical (unpaired) electrons. The van der Waals surface area contributed by atoms with E-state index in [1.807, 2.05) is 6.92 Å². The summed E-state index contributed by atoms with van der Waals surface area (Å²) in [5.74, 6) is -2.91. The van der Waals surface area contributed by atoms with Crippen LogP contribution in [0.15, 0.2) is 11.1 Å². The van der Waals surface area contributed by atoms with E-state index in [0.29, 0.717) is 11.1 Å². The molecule has 3 fully saturated rings. The molecule has 0 amide bonds. The van der Waals surface area contributed by atoms with Crippen LogP contribution in [0.3, 0.4) is 0 Å². The molecule has 2 saturated carbocycles. The van der Waals surface area contributed by atoms with Gasteiger partial charge in [0.25, 0.3) is 0 Å². The summed E-state index contributed by atoms with van der Waals surface area (Å²) in [4.78, 5) is 14.2. The first-order valence-corrected chi connectivity index (χ1v) is 11.9. The van der Waals surface area contributed by atoms with Crippen molar-refractivity contribution in [2.75, 3.05) is 13.7 Å². The minimum Gasteiger partial charge on any atom is -0.389 e. The molecule has 4 rings (SSSR count). The summed E-state index contributed by atoms with van der Waals surface area (Å²) < 4.78 is 17.5. The van der Waals surface area contributed by atoms with Crippen LogP contribution >= 0.6 is 0 Å². The largest absolute Gasteiger partial charge is 0.389 e. The van der Waals surface area contributed by atoms with E-state index in [-0.39, 0.29) is 108 Å². The van der Waals surface area contributed by atoms with Crippen LogP contribution in [0.5, 0.6) is 0 Å². The third-order valence-corrected chi connectivity index (χ3v) is 9.76. The Kier molecular flexibility index (Phi) is 9.91. The number of carbonyl (C=O) groups is 1. The van der Waals surface area contributed by atoms with E-state index in [0.717, 1.165) is 0 Å². The number of Topliss-reactive ketones (excluding diaryl/α,β-unsaturated/α-hetero) is 1. The first-order chi connectivity index (χ1) is 15.0. The first-order valence-electron chi connectivity index (χ1n) is 11.9. The summed E-state index contributed by atoms with van der Waals surface area (Å²) in [6.07, 6.45) is -3.57. The second-order valence-electron chi connectivity index (χ2n) is 11.9. The predicted octanol–water partition coefficient (Wildman–Crippen LogP) is 1.33. The van der Waals surface area contributed by atoms with Gasteiger partial charge < -0.3 is 34.6 Å². The van der Waals surface area contributed by atoms with Crippen LogP contribution in [0, 0.1) is 111 Å². The van der Waals surface area contributed by atoms with Crippen molar-refractivity contribution < 1.29 is 128 Å². The topological polar surface area (TPSA) is 126 Å². The summed E-state index contributed by atoms with van der Waals surface area (Å²) in [6, 6.07) is 0. The fourth-order valence-electron chi connectivity index (χ4n) is 7.54. The van der Waals surface area contributed by atoms with Crippen LogP contribution in [0.1, 0.15) is 61.3 Å². The number of hydrogen-bond acceptors (Lipinski definition) is 8. The molecule has 0 aromatic rings. The van der Waals surface area contributed by atoms with Crippen molar-refractivity contribution in [3.8, 4) is 0 Å². The van der Waals surface area contributed by atoms with Gasteiger partial charge in [0.1, 0.15) is 11.7 Å². The van der Waals surface area contributed by atoms with Gasteiger partial charge in [-0.3, -0.25) is 4.79 Å². The van der Waals surface area contributed by atoms with E-state index in [2.05, 4.69) is 0 Å². The zero-order valence-corrected chi connectivity index (χ0v) is 31.7. The average Bonchev–Trinajstić information content (AvgIpc) is 2.71. The maximum Gasteiger partial charge on any atom is 0.174 e. The van der Waals surface area contributed by atoms with Crippen LogP contribution in [0.2, 0.25) is 0 Å². The van der Waals surface area contributed by atoms with Gasteiger partial charge in [0.15, 0.2) is 11.6 Å². The van der Waals surface area contributed by atoms with Crippen LogP contribution < -0.4 is 0 Å². The molecule has 0 aromatic carbocycles. The standard InChI is InChI=1S/C25H40O8.2Ac/c1-12-14(26)10-25(30)13(2)19-23(7,20(28)18(27)17(12)21(25,3)4)15(33-22(5,6)31-8)9-16-24(19,29)11-32-16;;/h13-16,18-19,26-27,29-30H,9-11H2,1-8H3;;/t13?,14?,15?,16?,18?,19?,23-,24?,25?;;/m1../s1. The minimum atomic E-state index is -1.56. The van der Waals surface area contributed by atoms with Crippen LogP contribution in [-0.2, 0) is 19.0 Å². The van der Waals surface area contributed by atoms with E-state index in [9.17, 15) is 25.2 Å². The SMILES string of the molecule is COC(C)(C)OC1CC2OCC2(O)C2C(C)C3(O)CC(O)C(C)=C(C(O)C(=O)[C@]12C)C3(C)C.[Ac].[Ac]. The van der Waals surface area contributed by atoms with Gasteiger partial charge in [-0.05, 0) is 44.8 Å². The molecular formula is C25H40Ac2O8. The number of methoxy groups -OCH3 is 1. The number of ether oxygens (including phenoxy) is 3. The van der Waals surface area contributed by atoms with Gasteiger partial charge in [0.05, 0.1) is 35.9 Å². The molecule has 194 valence electrons. The van der Waals surface area contributed by atoms with E-state index in [1.54, 1.807) is 41.5 Å². The van der Waals surface area contributed by atoms with Crippen molar-refractivity contribution in [2.45, 2.75) is 103 Å². The van der Waals surface area contributed by atoms with Gasteiger partial charge in [-0.1, -0.05) is 20.8 Å². The maximum absolute atomic E-state index is 14.2. The molecule has 8 unspecified atom stereocenters.